The second kappa shape index (κ2) is 8.57. The van der Waals surface area contributed by atoms with Crippen molar-refractivity contribution in [3.63, 3.8) is 0 Å². The molecule has 1 aliphatic rings. The van der Waals surface area contributed by atoms with Gasteiger partial charge in [-0.1, -0.05) is 11.6 Å². The summed E-state index contributed by atoms with van der Waals surface area (Å²) in [6, 6.07) is 16.8. The van der Waals surface area contributed by atoms with Crippen LogP contribution in [0.25, 0.3) is 0 Å². The van der Waals surface area contributed by atoms with E-state index in [0.717, 1.165) is 18.8 Å². The summed E-state index contributed by atoms with van der Waals surface area (Å²) in [6.07, 6.45) is 0. The number of halogens is 2. The van der Waals surface area contributed by atoms with Gasteiger partial charge in [0.2, 0.25) is 0 Å². The first kappa shape index (κ1) is 19.3. The number of hydrogen-bond acceptors (Lipinski definition) is 4. The third kappa shape index (κ3) is 4.71. The number of hydrogen-bond donors (Lipinski definition) is 0. The van der Waals surface area contributed by atoms with Crippen molar-refractivity contribution in [3.05, 3.63) is 83.0 Å². The molecule has 0 unspecified atom stereocenters. The van der Waals surface area contributed by atoms with E-state index in [4.69, 9.17) is 20.8 Å². The van der Waals surface area contributed by atoms with Crippen molar-refractivity contribution in [3.8, 4) is 5.75 Å². The average Bonchev–Trinajstić information content (AvgIpc) is 3.23. The highest BCUT2D eigenvalue weighted by Gasteiger charge is 2.24. The Balaban J connectivity index is 1.31. The molecule has 7 heteroatoms. The molecule has 4 rings (SSSR count). The molecule has 1 saturated heterocycles. The second-order valence-electron chi connectivity index (χ2n) is 6.76. The van der Waals surface area contributed by atoms with Crippen LogP contribution in [0.4, 0.5) is 10.1 Å². The van der Waals surface area contributed by atoms with Crippen LogP contribution < -0.4 is 9.64 Å². The van der Waals surface area contributed by atoms with Gasteiger partial charge in [0.15, 0.2) is 5.76 Å². The van der Waals surface area contributed by atoms with Gasteiger partial charge in [-0.3, -0.25) is 4.79 Å². The first-order chi connectivity index (χ1) is 14.1. The van der Waals surface area contributed by atoms with Crippen molar-refractivity contribution in [2.75, 3.05) is 31.1 Å². The molecule has 1 fully saturated rings. The molecule has 150 valence electrons. The van der Waals surface area contributed by atoms with Crippen LogP contribution >= 0.6 is 11.6 Å². The van der Waals surface area contributed by atoms with E-state index in [1.807, 2.05) is 24.3 Å². The third-order valence-electron chi connectivity index (χ3n) is 4.83. The van der Waals surface area contributed by atoms with Crippen molar-refractivity contribution in [1.82, 2.24) is 4.90 Å². The molecule has 1 aliphatic heterocycles. The quantitative estimate of drug-likeness (QED) is 0.611. The number of amides is 1. The van der Waals surface area contributed by atoms with E-state index in [9.17, 15) is 9.18 Å². The minimum atomic E-state index is -0.320. The standard InChI is InChI=1S/C22H20ClFN2O3/c23-16-1-5-18(6-2-16)25-11-13-26(14-12-25)22(27)21-10-9-20(29-21)15-28-19-7-3-17(24)4-8-19/h1-10H,11-15H2. The van der Waals surface area contributed by atoms with Gasteiger partial charge in [-0.05, 0) is 60.7 Å². The number of carbonyl (C=O) groups is 1. The van der Waals surface area contributed by atoms with Crippen LogP contribution in [0, 0.1) is 5.82 Å². The van der Waals surface area contributed by atoms with E-state index in [-0.39, 0.29) is 18.3 Å². The Bertz CT molecular complexity index is 964. The first-order valence-electron chi connectivity index (χ1n) is 9.35. The fraction of sp³-hybridized carbons (Fsp3) is 0.227. The Labute approximate surface area is 173 Å². The van der Waals surface area contributed by atoms with Gasteiger partial charge in [-0.25, -0.2) is 4.39 Å². The summed E-state index contributed by atoms with van der Waals surface area (Å²) < 4.78 is 24.1. The smallest absolute Gasteiger partial charge is 0.289 e. The summed E-state index contributed by atoms with van der Waals surface area (Å²) in [7, 11) is 0. The zero-order valence-electron chi connectivity index (χ0n) is 15.7. The molecule has 2 aromatic carbocycles. The first-order valence-corrected chi connectivity index (χ1v) is 9.73. The fourth-order valence-corrected chi connectivity index (χ4v) is 3.36. The van der Waals surface area contributed by atoms with Gasteiger partial charge in [0, 0.05) is 36.9 Å². The molecule has 1 aromatic heterocycles. The highest BCUT2D eigenvalue weighted by Crippen LogP contribution is 2.21. The van der Waals surface area contributed by atoms with Gasteiger partial charge in [0.05, 0.1) is 0 Å². The lowest BCUT2D eigenvalue weighted by Gasteiger charge is -2.35. The Kier molecular flexibility index (Phi) is 5.71. The minimum absolute atomic E-state index is 0.131. The largest absolute Gasteiger partial charge is 0.486 e. The Hall–Kier alpha value is -2.99. The molecular weight excluding hydrogens is 395 g/mol. The van der Waals surface area contributed by atoms with Gasteiger partial charge in [-0.15, -0.1) is 0 Å². The lowest BCUT2D eigenvalue weighted by molar-refractivity contribution is 0.0710. The minimum Gasteiger partial charge on any atom is -0.486 e. The van der Waals surface area contributed by atoms with Crippen LogP contribution in [-0.2, 0) is 6.61 Å². The van der Waals surface area contributed by atoms with Crippen LogP contribution in [0.15, 0.2) is 65.1 Å². The van der Waals surface area contributed by atoms with Crippen LogP contribution in [0.3, 0.4) is 0 Å². The topological polar surface area (TPSA) is 45.9 Å². The fourth-order valence-electron chi connectivity index (χ4n) is 3.23. The number of anilines is 1. The summed E-state index contributed by atoms with van der Waals surface area (Å²) in [5, 5.41) is 0.708. The van der Waals surface area contributed by atoms with E-state index in [1.165, 1.54) is 12.1 Å². The monoisotopic (exact) mass is 414 g/mol. The van der Waals surface area contributed by atoms with Crippen molar-refractivity contribution >= 4 is 23.2 Å². The molecule has 0 saturated carbocycles. The van der Waals surface area contributed by atoms with E-state index in [0.29, 0.717) is 35.4 Å². The van der Waals surface area contributed by atoms with Gasteiger partial charge >= 0.3 is 0 Å². The number of ether oxygens (including phenoxy) is 1. The Morgan fingerprint density at radius 2 is 1.66 bits per heavy atom. The summed E-state index contributed by atoms with van der Waals surface area (Å²) in [5.74, 6) is 0.919. The molecule has 2 heterocycles. The predicted octanol–water partition coefficient (Wildman–Crippen LogP) is 4.61. The second-order valence-corrected chi connectivity index (χ2v) is 7.20. The van der Waals surface area contributed by atoms with Crippen LogP contribution in [0.2, 0.25) is 5.02 Å². The van der Waals surface area contributed by atoms with Crippen LogP contribution in [0.1, 0.15) is 16.3 Å². The van der Waals surface area contributed by atoms with Crippen molar-refractivity contribution in [2.24, 2.45) is 0 Å². The summed E-state index contributed by atoms with van der Waals surface area (Å²) in [4.78, 5) is 16.7. The SMILES string of the molecule is O=C(c1ccc(COc2ccc(F)cc2)o1)N1CCN(c2ccc(Cl)cc2)CC1. The molecule has 0 N–H and O–H groups in total. The summed E-state index contributed by atoms with van der Waals surface area (Å²) in [5.41, 5.74) is 1.10. The van der Waals surface area contributed by atoms with E-state index in [1.54, 1.807) is 29.2 Å². The lowest BCUT2D eigenvalue weighted by atomic mass is 10.2. The summed E-state index contributed by atoms with van der Waals surface area (Å²) in [6.45, 7) is 2.89. The number of nitrogens with zero attached hydrogens (tertiary/aromatic N) is 2. The molecule has 0 bridgehead atoms. The van der Waals surface area contributed by atoms with E-state index >= 15 is 0 Å². The molecule has 1 amide bonds. The third-order valence-corrected chi connectivity index (χ3v) is 5.08. The van der Waals surface area contributed by atoms with Crippen LogP contribution in [-0.4, -0.2) is 37.0 Å². The maximum absolute atomic E-state index is 12.9. The Morgan fingerprint density at radius 3 is 2.34 bits per heavy atom. The number of furan rings is 1. The Morgan fingerprint density at radius 1 is 0.966 bits per heavy atom. The number of piperazine rings is 1. The maximum atomic E-state index is 12.9. The van der Waals surface area contributed by atoms with Crippen LogP contribution in [0.5, 0.6) is 5.75 Å². The molecule has 3 aromatic rings. The van der Waals surface area contributed by atoms with E-state index in [2.05, 4.69) is 4.90 Å². The molecule has 0 atom stereocenters. The van der Waals surface area contributed by atoms with E-state index < -0.39 is 0 Å². The molecule has 0 radical (unpaired) electrons. The highest BCUT2D eigenvalue weighted by molar-refractivity contribution is 6.30. The zero-order valence-corrected chi connectivity index (χ0v) is 16.4. The number of benzene rings is 2. The zero-order chi connectivity index (χ0) is 20.2. The van der Waals surface area contributed by atoms with Gasteiger partial charge in [0.25, 0.3) is 5.91 Å². The highest BCUT2D eigenvalue weighted by atomic mass is 35.5. The molecule has 5 nitrogen and oxygen atoms in total. The van der Waals surface area contributed by atoms with Crippen molar-refractivity contribution in [2.45, 2.75) is 6.61 Å². The lowest BCUT2D eigenvalue weighted by Crippen LogP contribution is -2.48. The summed E-state index contributed by atoms with van der Waals surface area (Å²) >= 11 is 5.94. The average molecular weight is 415 g/mol. The van der Waals surface area contributed by atoms with Gasteiger partial charge in [0.1, 0.15) is 23.9 Å². The number of carbonyl (C=O) groups excluding carboxylic acids is 1. The maximum Gasteiger partial charge on any atom is 0.289 e. The predicted molar refractivity (Wildman–Crippen MR) is 109 cm³/mol. The normalized spacial score (nSPS) is 14.1. The molecule has 0 spiro atoms. The van der Waals surface area contributed by atoms with Crippen molar-refractivity contribution in [1.29, 1.82) is 0 Å². The number of rotatable bonds is 5. The molecule has 29 heavy (non-hydrogen) atoms. The van der Waals surface area contributed by atoms with Gasteiger partial charge < -0.3 is 19.0 Å². The van der Waals surface area contributed by atoms with Gasteiger partial charge in [-0.2, -0.15) is 0 Å². The van der Waals surface area contributed by atoms with Crippen molar-refractivity contribution < 1.29 is 18.3 Å². The molecular formula is C22H20ClFN2O3. The molecule has 0 aliphatic carbocycles.